The number of carbonyl (C=O) groups is 1. The molecule has 0 unspecified atom stereocenters. The Labute approximate surface area is 105 Å². The van der Waals surface area contributed by atoms with Crippen LogP contribution in [-0.2, 0) is 11.2 Å². The zero-order valence-corrected chi connectivity index (χ0v) is 11.5. The Bertz CT molecular complexity index is 374. The van der Waals surface area contributed by atoms with Crippen molar-refractivity contribution in [3.05, 3.63) is 35.4 Å². The second-order valence-electron chi connectivity index (χ2n) is 5.15. The van der Waals surface area contributed by atoms with Crippen molar-refractivity contribution in [1.82, 2.24) is 4.90 Å². The Morgan fingerprint density at radius 1 is 1.18 bits per heavy atom. The van der Waals surface area contributed by atoms with Gasteiger partial charge in [0, 0.05) is 12.1 Å². The lowest BCUT2D eigenvalue weighted by atomic mass is 10.1. The SMILES string of the molecule is Cc1cccc(CC(=O)N(C(C)C)C(C)C)c1. The molecule has 0 spiro atoms. The predicted molar refractivity (Wildman–Crippen MR) is 72.0 cm³/mol. The van der Waals surface area contributed by atoms with E-state index in [4.69, 9.17) is 0 Å². The van der Waals surface area contributed by atoms with Crippen LogP contribution in [0.4, 0.5) is 0 Å². The fraction of sp³-hybridized carbons (Fsp3) is 0.533. The minimum atomic E-state index is 0.209. The van der Waals surface area contributed by atoms with Gasteiger partial charge in [-0.3, -0.25) is 4.79 Å². The molecule has 0 saturated heterocycles. The van der Waals surface area contributed by atoms with E-state index in [2.05, 4.69) is 46.8 Å². The molecule has 2 nitrogen and oxygen atoms in total. The molecular weight excluding hydrogens is 210 g/mol. The molecule has 1 amide bonds. The van der Waals surface area contributed by atoms with Crippen molar-refractivity contribution in [3.8, 4) is 0 Å². The predicted octanol–water partition coefficient (Wildman–Crippen LogP) is 3.18. The highest BCUT2D eigenvalue weighted by atomic mass is 16.2. The smallest absolute Gasteiger partial charge is 0.227 e. The van der Waals surface area contributed by atoms with Crippen LogP contribution in [0.1, 0.15) is 38.8 Å². The van der Waals surface area contributed by atoms with Crippen molar-refractivity contribution in [2.45, 2.75) is 53.1 Å². The van der Waals surface area contributed by atoms with Crippen molar-refractivity contribution in [2.24, 2.45) is 0 Å². The van der Waals surface area contributed by atoms with Gasteiger partial charge in [0.1, 0.15) is 0 Å². The van der Waals surface area contributed by atoms with Gasteiger partial charge >= 0.3 is 0 Å². The molecule has 0 aliphatic heterocycles. The molecule has 0 saturated carbocycles. The number of hydrogen-bond donors (Lipinski definition) is 0. The lowest BCUT2D eigenvalue weighted by molar-refractivity contribution is -0.134. The summed E-state index contributed by atoms with van der Waals surface area (Å²) in [6.45, 7) is 10.3. The average Bonchev–Trinajstić information content (AvgIpc) is 2.15. The number of benzene rings is 1. The van der Waals surface area contributed by atoms with Gasteiger partial charge in [-0.1, -0.05) is 29.8 Å². The van der Waals surface area contributed by atoms with Crippen LogP contribution in [0.3, 0.4) is 0 Å². The Hall–Kier alpha value is -1.31. The molecule has 0 atom stereocenters. The molecule has 0 fully saturated rings. The maximum atomic E-state index is 12.2. The minimum absolute atomic E-state index is 0.209. The molecule has 0 aliphatic carbocycles. The maximum absolute atomic E-state index is 12.2. The molecule has 0 bridgehead atoms. The summed E-state index contributed by atoms with van der Waals surface area (Å²) in [5, 5.41) is 0. The fourth-order valence-electron chi connectivity index (χ4n) is 2.26. The third-order valence-electron chi connectivity index (χ3n) is 2.84. The quantitative estimate of drug-likeness (QED) is 0.782. The van der Waals surface area contributed by atoms with Crippen molar-refractivity contribution in [3.63, 3.8) is 0 Å². The van der Waals surface area contributed by atoms with Crippen LogP contribution < -0.4 is 0 Å². The molecule has 1 rings (SSSR count). The highest BCUT2D eigenvalue weighted by Crippen LogP contribution is 2.11. The van der Waals surface area contributed by atoms with Gasteiger partial charge in [-0.15, -0.1) is 0 Å². The first kappa shape index (κ1) is 13.8. The average molecular weight is 233 g/mol. The zero-order valence-electron chi connectivity index (χ0n) is 11.5. The van der Waals surface area contributed by atoms with Gasteiger partial charge in [-0.05, 0) is 40.2 Å². The van der Waals surface area contributed by atoms with Gasteiger partial charge in [0.05, 0.1) is 6.42 Å². The van der Waals surface area contributed by atoms with Crippen LogP contribution in [0.15, 0.2) is 24.3 Å². The molecule has 1 aromatic rings. The summed E-state index contributed by atoms with van der Waals surface area (Å²) in [6, 6.07) is 8.67. The third-order valence-corrected chi connectivity index (χ3v) is 2.84. The monoisotopic (exact) mass is 233 g/mol. The topological polar surface area (TPSA) is 20.3 Å². The molecule has 0 aliphatic rings. The first-order valence-corrected chi connectivity index (χ1v) is 6.28. The number of rotatable bonds is 4. The van der Waals surface area contributed by atoms with E-state index in [9.17, 15) is 4.79 Å². The summed E-state index contributed by atoms with van der Waals surface area (Å²) in [5.41, 5.74) is 2.30. The van der Waals surface area contributed by atoms with Crippen LogP contribution in [0.2, 0.25) is 0 Å². The van der Waals surface area contributed by atoms with Crippen LogP contribution in [0, 0.1) is 6.92 Å². The lowest BCUT2D eigenvalue weighted by Gasteiger charge is -2.31. The van der Waals surface area contributed by atoms with E-state index >= 15 is 0 Å². The van der Waals surface area contributed by atoms with E-state index in [1.165, 1.54) is 5.56 Å². The van der Waals surface area contributed by atoms with Crippen LogP contribution in [0.5, 0.6) is 0 Å². The van der Waals surface area contributed by atoms with E-state index in [1.807, 2.05) is 17.0 Å². The third kappa shape index (κ3) is 3.88. The summed E-state index contributed by atoms with van der Waals surface area (Å²) in [5.74, 6) is 0.209. The van der Waals surface area contributed by atoms with Crippen molar-refractivity contribution in [2.75, 3.05) is 0 Å². The Morgan fingerprint density at radius 2 is 1.76 bits per heavy atom. The van der Waals surface area contributed by atoms with Gasteiger partial charge in [0.15, 0.2) is 0 Å². The lowest BCUT2D eigenvalue weighted by Crippen LogP contribution is -2.42. The molecule has 1 aromatic carbocycles. The normalized spacial score (nSPS) is 11.0. The molecule has 2 heteroatoms. The second-order valence-corrected chi connectivity index (χ2v) is 5.15. The molecule has 0 N–H and O–H groups in total. The summed E-state index contributed by atoms with van der Waals surface area (Å²) in [4.78, 5) is 14.2. The Balaban J connectivity index is 2.77. The Morgan fingerprint density at radius 3 is 2.24 bits per heavy atom. The van der Waals surface area contributed by atoms with E-state index in [0.29, 0.717) is 6.42 Å². The summed E-state index contributed by atoms with van der Waals surface area (Å²) in [6.07, 6.45) is 0.498. The Kier molecular flexibility index (Phi) is 4.73. The van der Waals surface area contributed by atoms with Crippen LogP contribution >= 0.6 is 0 Å². The molecule has 94 valence electrons. The summed E-state index contributed by atoms with van der Waals surface area (Å²) >= 11 is 0. The molecule has 0 aromatic heterocycles. The highest BCUT2D eigenvalue weighted by molar-refractivity contribution is 5.79. The fourth-order valence-corrected chi connectivity index (χ4v) is 2.26. The number of hydrogen-bond acceptors (Lipinski definition) is 1. The highest BCUT2D eigenvalue weighted by Gasteiger charge is 2.19. The van der Waals surface area contributed by atoms with E-state index in [-0.39, 0.29) is 18.0 Å². The molecule has 0 radical (unpaired) electrons. The van der Waals surface area contributed by atoms with Crippen LogP contribution in [-0.4, -0.2) is 22.9 Å². The standard InChI is InChI=1S/C15H23NO/c1-11(2)16(12(3)4)15(17)10-14-8-6-7-13(5)9-14/h6-9,11-12H,10H2,1-5H3. The van der Waals surface area contributed by atoms with Crippen molar-refractivity contribution < 1.29 is 4.79 Å². The van der Waals surface area contributed by atoms with Gasteiger partial charge in [0.2, 0.25) is 5.91 Å². The van der Waals surface area contributed by atoms with Crippen molar-refractivity contribution >= 4 is 5.91 Å². The summed E-state index contributed by atoms with van der Waals surface area (Å²) in [7, 11) is 0. The van der Waals surface area contributed by atoms with Crippen molar-refractivity contribution in [1.29, 1.82) is 0 Å². The number of aryl methyl sites for hydroxylation is 1. The first-order valence-electron chi connectivity index (χ1n) is 6.28. The molecule has 17 heavy (non-hydrogen) atoms. The van der Waals surface area contributed by atoms with E-state index in [0.717, 1.165) is 5.56 Å². The van der Waals surface area contributed by atoms with Gasteiger partial charge in [-0.2, -0.15) is 0 Å². The molecular formula is C15H23NO. The zero-order chi connectivity index (χ0) is 13.0. The number of amides is 1. The van der Waals surface area contributed by atoms with E-state index < -0.39 is 0 Å². The first-order chi connectivity index (χ1) is 7.91. The molecule has 0 heterocycles. The van der Waals surface area contributed by atoms with Gasteiger partial charge < -0.3 is 4.90 Å². The minimum Gasteiger partial charge on any atom is -0.338 e. The largest absolute Gasteiger partial charge is 0.338 e. The van der Waals surface area contributed by atoms with Crippen LogP contribution in [0.25, 0.3) is 0 Å². The second kappa shape index (κ2) is 5.85. The van der Waals surface area contributed by atoms with Gasteiger partial charge in [-0.25, -0.2) is 0 Å². The van der Waals surface area contributed by atoms with E-state index in [1.54, 1.807) is 0 Å². The summed E-state index contributed by atoms with van der Waals surface area (Å²) < 4.78 is 0. The van der Waals surface area contributed by atoms with Gasteiger partial charge in [0.25, 0.3) is 0 Å². The number of nitrogens with zero attached hydrogens (tertiary/aromatic N) is 1. The number of carbonyl (C=O) groups excluding carboxylic acids is 1. The maximum Gasteiger partial charge on any atom is 0.227 e.